The fourth-order valence-corrected chi connectivity index (χ4v) is 7.31. The van der Waals surface area contributed by atoms with Gasteiger partial charge in [0.15, 0.2) is 5.82 Å². The molecule has 4 nitrogen and oxygen atoms in total. The molecule has 0 bridgehead atoms. The van der Waals surface area contributed by atoms with Crippen LogP contribution in [0.2, 0.25) is 0 Å². The molecule has 2 heterocycles. The summed E-state index contributed by atoms with van der Waals surface area (Å²) >= 11 is 0. The van der Waals surface area contributed by atoms with E-state index in [9.17, 15) is 5.26 Å². The van der Waals surface area contributed by atoms with Crippen molar-refractivity contribution in [1.82, 2.24) is 15.0 Å². The van der Waals surface area contributed by atoms with Crippen molar-refractivity contribution in [3.05, 3.63) is 162 Å². The van der Waals surface area contributed by atoms with Gasteiger partial charge in [0, 0.05) is 39.1 Å². The van der Waals surface area contributed by atoms with Crippen LogP contribution < -0.4 is 0 Å². The number of pyridine rings is 1. The normalized spacial score (nSPS) is 12.6. The number of fused-ring (bicyclic) bond motifs is 3. The summed E-state index contributed by atoms with van der Waals surface area (Å²) in [7, 11) is 0. The minimum atomic E-state index is -0.313. The molecule has 0 spiro atoms. The lowest BCUT2D eigenvalue weighted by Crippen LogP contribution is -2.16. The number of aromatic nitrogens is 3. The van der Waals surface area contributed by atoms with E-state index in [-0.39, 0.29) is 5.41 Å². The van der Waals surface area contributed by atoms with E-state index in [2.05, 4.69) is 112 Å². The molecule has 0 saturated carbocycles. The number of hydrogen-bond acceptors (Lipinski definition) is 4. The largest absolute Gasteiger partial charge is 0.258 e. The third-order valence-electron chi connectivity index (χ3n) is 9.72. The predicted octanol–water partition coefficient (Wildman–Crippen LogP) is 11.0. The molecule has 0 fully saturated rings. The van der Waals surface area contributed by atoms with Crippen LogP contribution in [0.25, 0.3) is 67.3 Å². The molecule has 0 saturated heterocycles. The lowest BCUT2D eigenvalue weighted by atomic mass is 9.79. The molecule has 234 valence electrons. The minimum Gasteiger partial charge on any atom is -0.258 e. The fourth-order valence-electron chi connectivity index (χ4n) is 7.31. The molecular formula is C45H34N4. The average molecular weight is 631 g/mol. The van der Waals surface area contributed by atoms with Crippen molar-refractivity contribution in [1.29, 1.82) is 5.26 Å². The molecule has 4 heteroatoms. The highest BCUT2D eigenvalue weighted by molar-refractivity contribution is 5.87. The summed E-state index contributed by atoms with van der Waals surface area (Å²) in [6, 6.07) is 48.7. The Balaban J connectivity index is 1.35. The first-order valence-corrected chi connectivity index (χ1v) is 16.6. The van der Waals surface area contributed by atoms with Crippen LogP contribution in [-0.4, -0.2) is 15.0 Å². The van der Waals surface area contributed by atoms with E-state index in [0.29, 0.717) is 5.82 Å². The average Bonchev–Trinajstić information content (AvgIpc) is 3.37. The van der Waals surface area contributed by atoms with E-state index in [1.807, 2.05) is 55.5 Å². The maximum Gasteiger partial charge on any atom is 0.160 e. The number of aryl methyl sites for hydroxylation is 2. The number of nitriles is 1. The highest BCUT2D eigenvalue weighted by Crippen LogP contribution is 2.51. The van der Waals surface area contributed by atoms with Crippen LogP contribution in [0, 0.1) is 25.2 Å². The first-order valence-electron chi connectivity index (χ1n) is 16.6. The van der Waals surface area contributed by atoms with Gasteiger partial charge in [-0.25, -0.2) is 9.97 Å². The van der Waals surface area contributed by atoms with Crippen LogP contribution in [0.5, 0.6) is 0 Å². The molecule has 7 aromatic rings. The molecule has 1 aliphatic carbocycles. The minimum absolute atomic E-state index is 0.313. The summed E-state index contributed by atoms with van der Waals surface area (Å²) in [5.41, 5.74) is 16.1. The molecule has 0 aliphatic heterocycles. The molecule has 0 amide bonds. The zero-order valence-corrected chi connectivity index (χ0v) is 28.0. The highest BCUT2D eigenvalue weighted by atomic mass is 14.9. The van der Waals surface area contributed by atoms with E-state index in [1.54, 1.807) is 0 Å². The van der Waals surface area contributed by atoms with Crippen LogP contribution in [0.1, 0.15) is 41.9 Å². The first kappa shape index (κ1) is 30.2. The van der Waals surface area contributed by atoms with Crippen molar-refractivity contribution >= 4 is 0 Å². The topological polar surface area (TPSA) is 62.5 Å². The third-order valence-corrected chi connectivity index (χ3v) is 9.72. The molecule has 5 aromatic carbocycles. The number of benzene rings is 5. The fraction of sp³-hybridized carbons (Fsp3) is 0.111. The molecule has 0 unspecified atom stereocenters. The van der Waals surface area contributed by atoms with Crippen LogP contribution in [0.3, 0.4) is 0 Å². The van der Waals surface area contributed by atoms with Gasteiger partial charge in [0.2, 0.25) is 0 Å². The van der Waals surface area contributed by atoms with Gasteiger partial charge in [-0.05, 0) is 95.3 Å². The second-order valence-corrected chi connectivity index (χ2v) is 13.3. The Bertz CT molecular complexity index is 2380. The van der Waals surface area contributed by atoms with Gasteiger partial charge in [-0.3, -0.25) is 4.98 Å². The monoisotopic (exact) mass is 630 g/mol. The van der Waals surface area contributed by atoms with Crippen molar-refractivity contribution in [2.45, 2.75) is 33.1 Å². The van der Waals surface area contributed by atoms with Gasteiger partial charge in [-0.1, -0.05) is 105 Å². The highest BCUT2D eigenvalue weighted by Gasteiger charge is 2.37. The molecular weight excluding hydrogens is 597 g/mol. The summed E-state index contributed by atoms with van der Waals surface area (Å²) < 4.78 is 0. The molecule has 0 radical (unpaired) electrons. The Morgan fingerprint density at radius 3 is 1.88 bits per heavy atom. The van der Waals surface area contributed by atoms with Crippen LogP contribution in [0.15, 0.2) is 133 Å². The predicted molar refractivity (Wildman–Crippen MR) is 199 cm³/mol. The van der Waals surface area contributed by atoms with Gasteiger partial charge >= 0.3 is 0 Å². The number of hydrogen-bond donors (Lipinski definition) is 0. The van der Waals surface area contributed by atoms with E-state index in [0.717, 1.165) is 78.4 Å². The zero-order valence-electron chi connectivity index (χ0n) is 28.0. The van der Waals surface area contributed by atoms with Crippen molar-refractivity contribution in [3.8, 4) is 73.4 Å². The lowest BCUT2D eigenvalue weighted by Gasteiger charge is -2.23. The molecule has 1 aliphatic rings. The van der Waals surface area contributed by atoms with E-state index >= 15 is 0 Å². The Kier molecular flexibility index (Phi) is 7.27. The van der Waals surface area contributed by atoms with Gasteiger partial charge < -0.3 is 0 Å². The van der Waals surface area contributed by atoms with E-state index < -0.39 is 0 Å². The SMILES string of the molecule is Cc1ccc(-c2cc(-c3ccc4c(c3)C(C)(C)c3c(C#N)cccc3-4)cc(-c3cc(-c4ccccc4)nc(-c4ccccc4)n3)c2)c(C)n1. The van der Waals surface area contributed by atoms with Gasteiger partial charge in [-0.2, -0.15) is 5.26 Å². The maximum atomic E-state index is 9.98. The summed E-state index contributed by atoms with van der Waals surface area (Å²) in [5, 5.41) is 9.98. The summed E-state index contributed by atoms with van der Waals surface area (Å²) in [4.78, 5) is 15.0. The standard InChI is InChI=1S/C45H34N4/c1-28-18-20-37(29(2)47-28)35-22-34(32-19-21-38-39-17-11-16-33(27-46)43(39)45(3,4)40(38)25-32)23-36(24-35)42-26-41(30-12-7-5-8-13-30)48-44(49-42)31-14-9-6-10-15-31/h5-26H,1-4H3. The summed E-state index contributed by atoms with van der Waals surface area (Å²) in [6.45, 7) is 8.55. The molecule has 8 rings (SSSR count). The van der Waals surface area contributed by atoms with Gasteiger partial charge in [0.25, 0.3) is 0 Å². The quantitative estimate of drug-likeness (QED) is 0.190. The smallest absolute Gasteiger partial charge is 0.160 e. The Morgan fingerprint density at radius 2 is 1.16 bits per heavy atom. The lowest BCUT2D eigenvalue weighted by molar-refractivity contribution is 0.658. The Labute approximate surface area is 287 Å². The third kappa shape index (κ3) is 5.30. The zero-order chi connectivity index (χ0) is 33.7. The van der Waals surface area contributed by atoms with Gasteiger partial charge in [0.1, 0.15) is 0 Å². The molecule has 0 N–H and O–H groups in total. The van der Waals surface area contributed by atoms with Gasteiger partial charge in [-0.15, -0.1) is 0 Å². The Morgan fingerprint density at radius 1 is 0.510 bits per heavy atom. The second-order valence-electron chi connectivity index (χ2n) is 13.3. The van der Waals surface area contributed by atoms with Crippen molar-refractivity contribution < 1.29 is 0 Å². The molecule has 49 heavy (non-hydrogen) atoms. The maximum absolute atomic E-state index is 9.98. The number of nitrogens with zero attached hydrogens (tertiary/aromatic N) is 4. The van der Waals surface area contributed by atoms with Crippen LogP contribution >= 0.6 is 0 Å². The van der Waals surface area contributed by atoms with Crippen molar-refractivity contribution in [2.24, 2.45) is 0 Å². The summed E-state index contributed by atoms with van der Waals surface area (Å²) in [5.74, 6) is 0.683. The molecule has 2 aromatic heterocycles. The van der Waals surface area contributed by atoms with Crippen molar-refractivity contribution in [2.75, 3.05) is 0 Å². The number of rotatable bonds is 5. The van der Waals surface area contributed by atoms with Crippen LogP contribution in [-0.2, 0) is 5.41 Å². The summed E-state index contributed by atoms with van der Waals surface area (Å²) in [6.07, 6.45) is 0. The first-order chi connectivity index (χ1) is 23.8. The Hall–Kier alpha value is -6.18. The van der Waals surface area contributed by atoms with Crippen LogP contribution in [0.4, 0.5) is 0 Å². The van der Waals surface area contributed by atoms with Crippen molar-refractivity contribution in [3.63, 3.8) is 0 Å². The second kappa shape index (κ2) is 11.8. The van der Waals surface area contributed by atoms with E-state index in [4.69, 9.17) is 15.0 Å². The van der Waals surface area contributed by atoms with Gasteiger partial charge in [0.05, 0.1) is 23.0 Å². The molecule has 0 atom stereocenters. The van der Waals surface area contributed by atoms with E-state index in [1.165, 1.54) is 11.1 Å².